The van der Waals surface area contributed by atoms with E-state index in [2.05, 4.69) is 20.4 Å². The Morgan fingerprint density at radius 2 is 1.93 bits per heavy atom. The van der Waals surface area contributed by atoms with Crippen LogP contribution < -0.4 is 25.8 Å². The molecule has 2 aromatic carbocycles. The maximum absolute atomic E-state index is 14.1. The molecule has 1 saturated heterocycles. The number of oxazole rings is 1. The van der Waals surface area contributed by atoms with E-state index in [-0.39, 0.29) is 65.1 Å². The molecule has 242 valence electrons. The van der Waals surface area contributed by atoms with Crippen molar-refractivity contribution in [2.75, 3.05) is 19.8 Å². The van der Waals surface area contributed by atoms with Gasteiger partial charge in [-0.1, -0.05) is 6.07 Å². The zero-order valence-corrected chi connectivity index (χ0v) is 23.9. The van der Waals surface area contributed by atoms with Gasteiger partial charge in [0.15, 0.2) is 29.1 Å². The molecule has 0 aliphatic carbocycles. The fraction of sp³-hybridized carbons (Fsp3) is 0.379. The van der Waals surface area contributed by atoms with Crippen LogP contribution in [0.2, 0.25) is 0 Å². The van der Waals surface area contributed by atoms with Crippen LogP contribution in [0.15, 0.2) is 40.8 Å². The van der Waals surface area contributed by atoms with Crippen molar-refractivity contribution in [3.63, 3.8) is 0 Å². The van der Waals surface area contributed by atoms with Crippen LogP contribution in [0.3, 0.4) is 0 Å². The molecule has 2 unspecified atom stereocenters. The van der Waals surface area contributed by atoms with Gasteiger partial charge in [0.05, 0.1) is 13.2 Å². The first-order valence-electron chi connectivity index (χ1n) is 13.8. The zero-order valence-electron chi connectivity index (χ0n) is 23.9. The molecule has 1 aliphatic rings. The maximum atomic E-state index is 14.1. The summed E-state index contributed by atoms with van der Waals surface area (Å²) in [7, 11) is 0. The second-order valence-electron chi connectivity index (χ2n) is 9.79. The van der Waals surface area contributed by atoms with E-state index >= 15 is 0 Å². The molecule has 12 nitrogen and oxygen atoms in total. The first-order valence-corrected chi connectivity index (χ1v) is 13.8. The normalized spacial score (nSPS) is 15.1. The summed E-state index contributed by atoms with van der Waals surface area (Å²) in [5.41, 5.74) is 4.95. The Morgan fingerprint density at radius 3 is 2.62 bits per heavy atom. The fourth-order valence-corrected chi connectivity index (χ4v) is 4.36. The largest absolute Gasteiger partial charge is 0.490 e. The number of benzene rings is 2. The molecule has 2 atom stereocenters. The van der Waals surface area contributed by atoms with Gasteiger partial charge in [0, 0.05) is 30.2 Å². The smallest absolute Gasteiger partial charge is 0.405 e. The number of hydrogen-bond acceptors (Lipinski definition) is 10. The van der Waals surface area contributed by atoms with Crippen LogP contribution in [-0.4, -0.2) is 55.4 Å². The molecule has 16 heteroatoms. The first-order chi connectivity index (χ1) is 21.5. The second-order valence-corrected chi connectivity index (χ2v) is 9.79. The van der Waals surface area contributed by atoms with Crippen LogP contribution in [0, 0.1) is 11.6 Å². The molecule has 4 rings (SSSR count). The number of halogens is 4. The number of ether oxygens (including phenoxy) is 4. The standard InChI is InChI=1S/C29H30F4N4O8/c1-15(43-29(34)40)24-23(25(38)36-14-17-4-6-18(30)13-19(17)31)37-26(45-24)16-5-7-21(44-28(32)33)22(12-16)41-10-3-2-9-35-20-8-11-42-27(20)39/h4-7,12-13,15,20,28,35H,2-3,8-11,14H2,1H3,(H2,34,40)(H,36,38). The van der Waals surface area contributed by atoms with E-state index in [1.54, 1.807) is 0 Å². The Kier molecular flexibility index (Phi) is 11.2. The minimum Gasteiger partial charge on any atom is -0.490 e. The SMILES string of the molecule is CC(OC(N)=O)c1oc(-c2ccc(OC(F)F)c(OCCCCNC3CCOC3=O)c2)nc1C(=O)NCc1ccc(F)cc1F. The Morgan fingerprint density at radius 1 is 1.13 bits per heavy atom. The molecular weight excluding hydrogens is 608 g/mol. The number of amides is 2. The van der Waals surface area contributed by atoms with Gasteiger partial charge in [-0.3, -0.25) is 9.59 Å². The molecule has 0 saturated carbocycles. The number of esters is 1. The average Bonchev–Trinajstić information content (AvgIpc) is 3.61. The summed E-state index contributed by atoms with van der Waals surface area (Å²) in [5, 5.41) is 5.52. The number of carbonyl (C=O) groups is 3. The summed E-state index contributed by atoms with van der Waals surface area (Å²) in [6.45, 7) is -1.14. The predicted molar refractivity (Wildman–Crippen MR) is 147 cm³/mol. The Labute approximate surface area is 254 Å². The van der Waals surface area contributed by atoms with Gasteiger partial charge in [-0.25, -0.2) is 18.6 Å². The quantitative estimate of drug-likeness (QED) is 0.124. The number of unbranched alkanes of at least 4 members (excludes halogenated alkanes) is 1. The van der Waals surface area contributed by atoms with E-state index in [0.29, 0.717) is 38.5 Å². The summed E-state index contributed by atoms with van der Waals surface area (Å²) in [5.74, 6) is -3.55. The van der Waals surface area contributed by atoms with Gasteiger partial charge in [-0.2, -0.15) is 8.78 Å². The van der Waals surface area contributed by atoms with Gasteiger partial charge in [0.25, 0.3) is 5.91 Å². The minimum absolute atomic E-state index is 0.00955. The Balaban J connectivity index is 1.51. The minimum atomic E-state index is -3.14. The van der Waals surface area contributed by atoms with Crippen LogP contribution in [-0.2, 0) is 20.8 Å². The number of hydrogen-bond donors (Lipinski definition) is 3. The van der Waals surface area contributed by atoms with E-state index in [9.17, 15) is 31.9 Å². The van der Waals surface area contributed by atoms with Gasteiger partial charge in [-0.15, -0.1) is 0 Å². The van der Waals surface area contributed by atoms with Crippen molar-refractivity contribution in [1.29, 1.82) is 0 Å². The third kappa shape index (κ3) is 9.07. The van der Waals surface area contributed by atoms with Crippen molar-refractivity contribution in [3.05, 3.63) is 65.1 Å². The van der Waals surface area contributed by atoms with Gasteiger partial charge in [-0.05, 0) is 50.6 Å². The molecule has 2 amide bonds. The molecule has 2 heterocycles. The molecule has 0 spiro atoms. The maximum Gasteiger partial charge on any atom is 0.405 e. The van der Waals surface area contributed by atoms with Crippen LogP contribution >= 0.6 is 0 Å². The van der Waals surface area contributed by atoms with Crippen molar-refractivity contribution in [2.45, 2.75) is 51.5 Å². The zero-order chi connectivity index (χ0) is 32.5. The lowest BCUT2D eigenvalue weighted by atomic mass is 10.2. The van der Waals surface area contributed by atoms with Gasteiger partial charge >= 0.3 is 18.7 Å². The molecule has 1 aliphatic heterocycles. The third-order valence-electron chi connectivity index (χ3n) is 6.55. The summed E-state index contributed by atoms with van der Waals surface area (Å²) in [4.78, 5) is 40.2. The first kappa shape index (κ1) is 33.0. The van der Waals surface area contributed by atoms with Crippen LogP contribution in [0.25, 0.3) is 11.5 Å². The van der Waals surface area contributed by atoms with E-state index in [0.717, 1.165) is 12.1 Å². The summed E-state index contributed by atoms with van der Waals surface area (Å²) in [6.07, 6.45) is -0.665. The summed E-state index contributed by atoms with van der Waals surface area (Å²) in [6, 6.07) is 6.34. The number of cyclic esters (lactones) is 1. The molecule has 1 fully saturated rings. The van der Waals surface area contributed by atoms with Crippen LogP contribution in [0.4, 0.5) is 22.4 Å². The number of nitrogens with zero attached hydrogens (tertiary/aromatic N) is 1. The number of nitrogens with two attached hydrogens (primary N) is 1. The highest BCUT2D eigenvalue weighted by atomic mass is 19.3. The fourth-order valence-electron chi connectivity index (χ4n) is 4.36. The lowest BCUT2D eigenvalue weighted by Gasteiger charge is -2.13. The van der Waals surface area contributed by atoms with E-state index < -0.39 is 36.4 Å². The van der Waals surface area contributed by atoms with Crippen molar-refractivity contribution in [1.82, 2.24) is 15.6 Å². The molecule has 0 bridgehead atoms. The predicted octanol–water partition coefficient (Wildman–Crippen LogP) is 4.37. The molecule has 3 aromatic rings. The van der Waals surface area contributed by atoms with E-state index in [4.69, 9.17) is 24.4 Å². The summed E-state index contributed by atoms with van der Waals surface area (Å²) >= 11 is 0. The molecule has 45 heavy (non-hydrogen) atoms. The topological polar surface area (TPSA) is 164 Å². The lowest BCUT2D eigenvalue weighted by Crippen LogP contribution is -2.33. The van der Waals surface area contributed by atoms with E-state index in [1.165, 1.54) is 25.1 Å². The molecule has 0 radical (unpaired) electrons. The molecule has 1 aromatic heterocycles. The summed E-state index contributed by atoms with van der Waals surface area (Å²) < 4.78 is 79.3. The molecule has 4 N–H and O–H groups in total. The van der Waals surface area contributed by atoms with Crippen molar-refractivity contribution >= 4 is 18.0 Å². The van der Waals surface area contributed by atoms with E-state index in [1.807, 2.05) is 0 Å². The highest BCUT2D eigenvalue weighted by Gasteiger charge is 2.28. The molecular formula is C29H30F4N4O8. The van der Waals surface area contributed by atoms with Crippen LogP contribution in [0.1, 0.15) is 54.1 Å². The van der Waals surface area contributed by atoms with Gasteiger partial charge < -0.3 is 39.7 Å². The number of primary amides is 1. The number of nitrogens with one attached hydrogen (secondary N) is 2. The Bertz CT molecular complexity index is 1520. The number of carbonyl (C=O) groups excluding carboxylic acids is 3. The second kappa shape index (κ2) is 15.2. The number of aromatic nitrogens is 1. The van der Waals surface area contributed by atoms with Crippen molar-refractivity contribution in [3.8, 4) is 23.0 Å². The Hall–Kier alpha value is -4.86. The lowest BCUT2D eigenvalue weighted by molar-refractivity contribution is -0.139. The van der Waals surface area contributed by atoms with Gasteiger partial charge in [0.2, 0.25) is 5.89 Å². The number of alkyl halides is 2. The van der Waals surface area contributed by atoms with Crippen molar-refractivity contribution < 1.29 is 55.3 Å². The third-order valence-corrected chi connectivity index (χ3v) is 6.55. The van der Waals surface area contributed by atoms with Crippen LogP contribution in [0.5, 0.6) is 11.5 Å². The van der Waals surface area contributed by atoms with Crippen molar-refractivity contribution in [2.24, 2.45) is 5.73 Å². The average molecular weight is 639 g/mol. The highest BCUT2D eigenvalue weighted by Crippen LogP contribution is 2.35. The highest BCUT2D eigenvalue weighted by molar-refractivity contribution is 5.94. The van der Waals surface area contributed by atoms with Gasteiger partial charge in [0.1, 0.15) is 17.7 Å². The monoisotopic (exact) mass is 638 g/mol. The number of rotatable bonds is 15.